The molecule has 126 valence electrons. The van der Waals surface area contributed by atoms with E-state index >= 15 is 0 Å². The molecule has 3 rings (SSSR count). The first-order valence-corrected chi connectivity index (χ1v) is 7.69. The summed E-state index contributed by atoms with van der Waals surface area (Å²) in [6.07, 6.45) is 0. The van der Waals surface area contributed by atoms with Crippen molar-refractivity contribution in [3.8, 4) is 6.07 Å². The average molecular weight is 338 g/mol. The number of benzene rings is 2. The Kier molecular flexibility index (Phi) is 4.61. The Labute approximate surface area is 144 Å². The number of carbonyl (C=O) groups excluding carboxylic acids is 2. The molecule has 3 amide bonds. The second-order valence-corrected chi connectivity index (χ2v) is 5.54. The summed E-state index contributed by atoms with van der Waals surface area (Å²) in [6.45, 7) is 0.701. The molecule has 0 unspecified atom stereocenters. The molecule has 25 heavy (non-hydrogen) atoms. The van der Waals surface area contributed by atoms with Crippen molar-refractivity contribution in [2.75, 3.05) is 29.9 Å². The summed E-state index contributed by atoms with van der Waals surface area (Å²) < 4.78 is 13.0. The SMILES string of the molecule is N#Cc1ccccc1NC(=O)CN1CCN(c2ccc(F)cc2)C1=O. The van der Waals surface area contributed by atoms with E-state index in [4.69, 9.17) is 5.26 Å². The number of amides is 3. The van der Waals surface area contributed by atoms with Crippen molar-refractivity contribution in [2.45, 2.75) is 0 Å². The average Bonchev–Trinajstić information content (AvgIpc) is 2.97. The van der Waals surface area contributed by atoms with Gasteiger partial charge in [0.25, 0.3) is 0 Å². The minimum atomic E-state index is -0.378. The third kappa shape index (κ3) is 3.58. The fraction of sp³-hybridized carbons (Fsp3) is 0.167. The molecule has 0 atom stereocenters. The lowest BCUT2D eigenvalue weighted by atomic mass is 10.2. The Hall–Kier alpha value is -3.40. The van der Waals surface area contributed by atoms with E-state index in [2.05, 4.69) is 5.32 Å². The van der Waals surface area contributed by atoms with Crippen LogP contribution in [0.2, 0.25) is 0 Å². The van der Waals surface area contributed by atoms with Crippen LogP contribution in [0.5, 0.6) is 0 Å². The first kappa shape index (κ1) is 16.5. The third-order valence-corrected chi connectivity index (χ3v) is 3.89. The highest BCUT2D eigenvalue weighted by molar-refractivity contribution is 5.99. The van der Waals surface area contributed by atoms with Gasteiger partial charge in [0.15, 0.2) is 0 Å². The Bertz CT molecular complexity index is 845. The third-order valence-electron chi connectivity index (χ3n) is 3.89. The van der Waals surface area contributed by atoms with Crippen LogP contribution in [-0.2, 0) is 4.79 Å². The number of para-hydroxylation sites is 1. The van der Waals surface area contributed by atoms with Crippen LogP contribution in [0.4, 0.5) is 20.6 Å². The van der Waals surface area contributed by atoms with Gasteiger partial charge in [0.1, 0.15) is 18.4 Å². The van der Waals surface area contributed by atoms with Gasteiger partial charge in [0, 0.05) is 18.8 Å². The minimum absolute atomic E-state index is 0.115. The Morgan fingerprint density at radius 3 is 2.60 bits per heavy atom. The van der Waals surface area contributed by atoms with Crippen molar-refractivity contribution < 1.29 is 14.0 Å². The van der Waals surface area contributed by atoms with Gasteiger partial charge in [-0.3, -0.25) is 9.69 Å². The van der Waals surface area contributed by atoms with E-state index in [0.717, 1.165) is 0 Å². The maximum atomic E-state index is 13.0. The topological polar surface area (TPSA) is 76.4 Å². The lowest BCUT2D eigenvalue weighted by Crippen LogP contribution is -2.37. The molecule has 2 aromatic rings. The van der Waals surface area contributed by atoms with Crippen molar-refractivity contribution >= 4 is 23.3 Å². The van der Waals surface area contributed by atoms with Gasteiger partial charge in [-0.2, -0.15) is 5.26 Å². The zero-order chi connectivity index (χ0) is 17.8. The largest absolute Gasteiger partial charge is 0.325 e. The summed E-state index contributed by atoms with van der Waals surface area (Å²) in [4.78, 5) is 27.5. The second-order valence-electron chi connectivity index (χ2n) is 5.54. The highest BCUT2D eigenvalue weighted by Gasteiger charge is 2.30. The number of halogens is 1. The van der Waals surface area contributed by atoms with Crippen LogP contribution in [0, 0.1) is 17.1 Å². The molecule has 0 bridgehead atoms. The summed E-state index contributed by atoms with van der Waals surface area (Å²) in [6, 6.07) is 14.0. The Morgan fingerprint density at radius 1 is 1.16 bits per heavy atom. The molecule has 7 heteroatoms. The van der Waals surface area contributed by atoms with Crippen LogP contribution in [0.25, 0.3) is 0 Å². The summed E-state index contributed by atoms with van der Waals surface area (Å²) >= 11 is 0. The van der Waals surface area contributed by atoms with Gasteiger partial charge in [-0.05, 0) is 36.4 Å². The van der Waals surface area contributed by atoms with Gasteiger partial charge < -0.3 is 10.2 Å². The number of urea groups is 1. The van der Waals surface area contributed by atoms with Gasteiger partial charge in [0.2, 0.25) is 5.91 Å². The zero-order valence-electron chi connectivity index (χ0n) is 13.3. The van der Waals surface area contributed by atoms with E-state index in [1.807, 2.05) is 6.07 Å². The number of hydrogen-bond acceptors (Lipinski definition) is 3. The normalized spacial score (nSPS) is 13.7. The molecule has 1 saturated heterocycles. The summed E-state index contributed by atoms with van der Waals surface area (Å²) in [5.74, 6) is -0.750. The quantitative estimate of drug-likeness (QED) is 0.931. The van der Waals surface area contributed by atoms with Crippen LogP contribution in [0.3, 0.4) is 0 Å². The molecule has 1 aliphatic heterocycles. The van der Waals surface area contributed by atoms with Crippen molar-refractivity contribution in [3.05, 3.63) is 59.9 Å². The van der Waals surface area contributed by atoms with E-state index in [0.29, 0.717) is 30.0 Å². The predicted octanol–water partition coefficient (Wildman–Crippen LogP) is 2.58. The lowest BCUT2D eigenvalue weighted by Gasteiger charge is -2.18. The van der Waals surface area contributed by atoms with E-state index < -0.39 is 0 Å². The van der Waals surface area contributed by atoms with Crippen molar-refractivity contribution in [3.63, 3.8) is 0 Å². The standard InChI is InChI=1S/C18H15FN4O2/c19-14-5-7-15(8-6-14)23-10-9-22(18(23)25)12-17(24)21-16-4-2-1-3-13(16)11-20/h1-8H,9-10,12H2,(H,21,24). The van der Waals surface area contributed by atoms with Gasteiger partial charge >= 0.3 is 6.03 Å². The highest BCUT2D eigenvalue weighted by Crippen LogP contribution is 2.21. The molecule has 6 nitrogen and oxygen atoms in total. The van der Waals surface area contributed by atoms with E-state index in [-0.39, 0.29) is 24.3 Å². The maximum Gasteiger partial charge on any atom is 0.325 e. The molecular weight excluding hydrogens is 323 g/mol. The Balaban J connectivity index is 1.64. The molecule has 0 aromatic heterocycles. The van der Waals surface area contributed by atoms with Crippen molar-refractivity contribution in [2.24, 2.45) is 0 Å². The lowest BCUT2D eigenvalue weighted by molar-refractivity contribution is -0.116. The fourth-order valence-corrected chi connectivity index (χ4v) is 2.64. The van der Waals surface area contributed by atoms with Crippen LogP contribution in [0.15, 0.2) is 48.5 Å². The van der Waals surface area contributed by atoms with Crippen LogP contribution in [-0.4, -0.2) is 36.5 Å². The fourth-order valence-electron chi connectivity index (χ4n) is 2.64. The summed E-state index contributed by atoms with van der Waals surface area (Å²) in [5.41, 5.74) is 1.36. The molecule has 0 saturated carbocycles. The number of anilines is 2. The van der Waals surface area contributed by atoms with Crippen molar-refractivity contribution in [1.29, 1.82) is 5.26 Å². The number of rotatable bonds is 4. The Morgan fingerprint density at radius 2 is 1.88 bits per heavy atom. The van der Waals surface area contributed by atoms with E-state index in [9.17, 15) is 14.0 Å². The van der Waals surface area contributed by atoms with Crippen LogP contribution in [0.1, 0.15) is 5.56 Å². The molecule has 1 aliphatic rings. The van der Waals surface area contributed by atoms with E-state index in [1.165, 1.54) is 34.1 Å². The number of nitriles is 1. The van der Waals surface area contributed by atoms with Crippen LogP contribution < -0.4 is 10.2 Å². The van der Waals surface area contributed by atoms with E-state index in [1.54, 1.807) is 24.3 Å². The van der Waals surface area contributed by atoms with Gasteiger partial charge in [-0.25, -0.2) is 9.18 Å². The molecule has 1 heterocycles. The molecule has 2 aromatic carbocycles. The monoisotopic (exact) mass is 338 g/mol. The highest BCUT2D eigenvalue weighted by atomic mass is 19.1. The zero-order valence-corrected chi connectivity index (χ0v) is 13.3. The number of nitrogens with zero attached hydrogens (tertiary/aromatic N) is 3. The van der Waals surface area contributed by atoms with Crippen molar-refractivity contribution in [1.82, 2.24) is 4.90 Å². The smallest absolute Gasteiger partial charge is 0.323 e. The first-order valence-electron chi connectivity index (χ1n) is 7.69. The number of carbonyl (C=O) groups is 2. The maximum absolute atomic E-state index is 13.0. The van der Waals surface area contributed by atoms with Gasteiger partial charge in [-0.15, -0.1) is 0 Å². The second kappa shape index (κ2) is 7.01. The van der Waals surface area contributed by atoms with Crippen LogP contribution >= 0.6 is 0 Å². The number of nitrogens with one attached hydrogen (secondary N) is 1. The molecule has 0 aliphatic carbocycles. The molecule has 1 N–H and O–H groups in total. The summed E-state index contributed by atoms with van der Waals surface area (Å²) in [5, 5.41) is 11.7. The molecule has 0 spiro atoms. The van der Waals surface area contributed by atoms with Gasteiger partial charge in [0.05, 0.1) is 11.3 Å². The predicted molar refractivity (Wildman–Crippen MR) is 90.5 cm³/mol. The minimum Gasteiger partial charge on any atom is -0.323 e. The van der Waals surface area contributed by atoms with Gasteiger partial charge in [-0.1, -0.05) is 12.1 Å². The molecule has 1 fully saturated rings. The number of hydrogen-bond donors (Lipinski definition) is 1. The molecule has 0 radical (unpaired) electrons. The summed E-state index contributed by atoms with van der Waals surface area (Å²) in [7, 11) is 0. The first-order chi connectivity index (χ1) is 12.1. The molecular formula is C18H15FN4O2.